The largest absolute Gasteiger partial charge is 0.756 e. The maximum Gasteiger partial charge on any atom is 0.306 e. The molecule has 0 saturated heterocycles. The predicted octanol–water partition coefficient (Wildman–Crippen LogP) is 16.3. The number of unbranched alkanes of at least 4 members (excludes halogenated alkanes) is 25. The summed E-state index contributed by atoms with van der Waals surface area (Å²) in [5, 5.41) is 3.01. The Labute approximate surface area is 425 Å². The molecule has 0 rings (SSSR count). The quantitative estimate of drug-likeness (QED) is 0.0161. The van der Waals surface area contributed by atoms with Gasteiger partial charge in [0, 0.05) is 12.8 Å². The molecule has 9 nitrogen and oxygen atoms in total. The molecule has 69 heavy (non-hydrogen) atoms. The molecule has 3 unspecified atom stereocenters. The molecular formula is C59H107N2O7P. The topological polar surface area (TPSA) is 114 Å². The zero-order chi connectivity index (χ0) is 50.8. The number of hydrogen-bond acceptors (Lipinski definition) is 7. The second-order valence-corrected chi connectivity index (χ2v) is 21.5. The van der Waals surface area contributed by atoms with Crippen LogP contribution in [-0.2, 0) is 27.9 Å². The number of carbonyl (C=O) groups excluding carboxylic acids is 2. The molecular weight excluding hydrogens is 880 g/mol. The number of nitrogens with one attached hydrogen (secondary N) is 1. The fourth-order valence-electron chi connectivity index (χ4n) is 7.76. The number of likely N-dealkylation sites (N-methyl/N-ethyl adjacent to an activating group) is 1. The third kappa shape index (κ3) is 50.2. The van der Waals surface area contributed by atoms with Gasteiger partial charge < -0.3 is 28.5 Å². The Morgan fingerprint density at radius 3 is 1.51 bits per heavy atom. The molecule has 0 aromatic heterocycles. The standard InChI is InChI=1S/C59H107N2O7P/c1-7-10-13-16-19-22-25-28-30-32-33-36-39-42-45-48-51-58(62)60-56(55-67-69(64,65)66-54-53-61(4,5)6)57(50-47-44-41-38-35-27-24-21-18-15-12-9-3)68-59(63)52-49-46-43-40-37-34-31-29-26-23-20-17-14-11-8-2/h10,13,19-20,22-23,26,28-30,47,50,56-57H,7-9,11-12,14-18,21,24-25,27,31-46,48-49,51-55H2,1-6H3,(H-,60,62,64,65)/b13-10+,22-19+,23-20+,29-26+,30-28+,50-47+. The molecule has 0 heterocycles. The molecule has 0 aliphatic carbocycles. The van der Waals surface area contributed by atoms with Gasteiger partial charge in [0.15, 0.2) is 0 Å². The molecule has 0 aliphatic heterocycles. The molecule has 1 amide bonds. The van der Waals surface area contributed by atoms with E-state index in [0.29, 0.717) is 23.9 Å². The van der Waals surface area contributed by atoms with Crippen LogP contribution in [0.2, 0.25) is 0 Å². The summed E-state index contributed by atoms with van der Waals surface area (Å²) in [6.45, 7) is 6.67. The number of phosphoric ester groups is 1. The molecule has 0 radical (unpaired) electrons. The number of amides is 1. The number of carbonyl (C=O) groups is 2. The highest BCUT2D eigenvalue weighted by Crippen LogP contribution is 2.38. The summed E-state index contributed by atoms with van der Waals surface area (Å²) in [5.74, 6) is -0.572. The van der Waals surface area contributed by atoms with Crippen molar-refractivity contribution < 1.29 is 37.3 Å². The van der Waals surface area contributed by atoms with Gasteiger partial charge >= 0.3 is 5.97 Å². The van der Waals surface area contributed by atoms with Crippen molar-refractivity contribution >= 4 is 19.7 Å². The first-order valence-corrected chi connectivity index (χ1v) is 29.7. The van der Waals surface area contributed by atoms with Gasteiger partial charge in [0.05, 0.1) is 33.8 Å². The van der Waals surface area contributed by atoms with Gasteiger partial charge in [0.2, 0.25) is 5.91 Å². The van der Waals surface area contributed by atoms with Gasteiger partial charge in [-0.2, -0.15) is 0 Å². The summed E-state index contributed by atoms with van der Waals surface area (Å²) in [6, 6.07) is -0.901. The number of rotatable bonds is 50. The zero-order valence-corrected chi connectivity index (χ0v) is 46.4. The van der Waals surface area contributed by atoms with Crippen LogP contribution >= 0.6 is 7.82 Å². The van der Waals surface area contributed by atoms with Gasteiger partial charge in [-0.15, -0.1) is 0 Å². The Morgan fingerprint density at radius 1 is 0.536 bits per heavy atom. The second-order valence-electron chi connectivity index (χ2n) is 20.1. The van der Waals surface area contributed by atoms with E-state index >= 15 is 0 Å². The zero-order valence-electron chi connectivity index (χ0n) is 45.5. The highest BCUT2D eigenvalue weighted by Gasteiger charge is 2.27. The van der Waals surface area contributed by atoms with Crippen LogP contribution in [0.5, 0.6) is 0 Å². The van der Waals surface area contributed by atoms with E-state index in [4.69, 9.17) is 13.8 Å². The lowest BCUT2D eigenvalue weighted by molar-refractivity contribution is -0.870. The van der Waals surface area contributed by atoms with Crippen molar-refractivity contribution in [2.45, 2.75) is 251 Å². The summed E-state index contributed by atoms with van der Waals surface area (Å²) >= 11 is 0. The van der Waals surface area contributed by atoms with Crippen LogP contribution in [0.25, 0.3) is 0 Å². The van der Waals surface area contributed by atoms with Crippen molar-refractivity contribution in [3.63, 3.8) is 0 Å². The van der Waals surface area contributed by atoms with Gasteiger partial charge in [-0.25, -0.2) is 0 Å². The van der Waals surface area contributed by atoms with Crippen molar-refractivity contribution in [2.75, 3.05) is 40.9 Å². The van der Waals surface area contributed by atoms with E-state index in [1.165, 1.54) is 77.0 Å². The molecule has 0 bridgehead atoms. The molecule has 1 N–H and O–H groups in total. The molecule has 0 spiro atoms. The molecule has 10 heteroatoms. The van der Waals surface area contributed by atoms with Crippen LogP contribution in [-0.4, -0.2) is 69.4 Å². The van der Waals surface area contributed by atoms with Crippen molar-refractivity contribution in [2.24, 2.45) is 0 Å². The Bertz CT molecular complexity index is 1420. The Balaban J connectivity index is 5.41. The summed E-state index contributed by atoms with van der Waals surface area (Å²) < 4.78 is 30.2. The first kappa shape index (κ1) is 66.5. The number of hydrogen-bond donors (Lipinski definition) is 1. The molecule has 0 fully saturated rings. The fraction of sp³-hybridized carbons (Fsp3) is 0.763. The van der Waals surface area contributed by atoms with Crippen molar-refractivity contribution in [3.05, 3.63) is 72.9 Å². The van der Waals surface area contributed by atoms with Crippen molar-refractivity contribution in [1.82, 2.24) is 5.32 Å². The van der Waals surface area contributed by atoms with E-state index in [0.717, 1.165) is 122 Å². The molecule has 0 aromatic carbocycles. The maximum atomic E-state index is 13.5. The highest BCUT2D eigenvalue weighted by molar-refractivity contribution is 7.45. The average molecular weight is 987 g/mol. The molecule has 0 aliphatic rings. The van der Waals surface area contributed by atoms with Gasteiger partial charge in [0.25, 0.3) is 7.82 Å². The Morgan fingerprint density at radius 2 is 0.971 bits per heavy atom. The normalized spacial score (nSPS) is 14.4. The second kappa shape index (κ2) is 49.0. The van der Waals surface area contributed by atoms with Crippen LogP contribution in [0.15, 0.2) is 72.9 Å². The summed E-state index contributed by atoms with van der Waals surface area (Å²) in [6.07, 6.45) is 61.4. The Hall–Kier alpha value is -2.55. The Kier molecular flexibility index (Phi) is 47.2. The van der Waals surface area contributed by atoms with Crippen molar-refractivity contribution in [3.8, 4) is 0 Å². The number of phosphoric acid groups is 1. The minimum atomic E-state index is -4.70. The molecule has 0 saturated carbocycles. The minimum absolute atomic E-state index is 0.0297. The predicted molar refractivity (Wildman–Crippen MR) is 293 cm³/mol. The highest BCUT2D eigenvalue weighted by atomic mass is 31.2. The first-order chi connectivity index (χ1) is 33.4. The summed E-state index contributed by atoms with van der Waals surface area (Å²) in [7, 11) is 1.16. The smallest absolute Gasteiger partial charge is 0.306 e. The van der Waals surface area contributed by atoms with Crippen LogP contribution < -0.4 is 10.2 Å². The lowest BCUT2D eigenvalue weighted by Crippen LogP contribution is -2.47. The lowest BCUT2D eigenvalue weighted by atomic mass is 10.0. The fourth-order valence-corrected chi connectivity index (χ4v) is 8.48. The van der Waals surface area contributed by atoms with E-state index in [2.05, 4.69) is 86.8 Å². The van der Waals surface area contributed by atoms with Gasteiger partial charge in [-0.05, 0) is 89.5 Å². The number of nitrogens with zero attached hydrogens (tertiary/aromatic N) is 1. The monoisotopic (exact) mass is 987 g/mol. The third-order valence-electron chi connectivity index (χ3n) is 12.1. The molecule has 400 valence electrons. The van der Waals surface area contributed by atoms with Gasteiger partial charge in [-0.3, -0.25) is 14.2 Å². The van der Waals surface area contributed by atoms with Gasteiger partial charge in [0.1, 0.15) is 19.3 Å². The van der Waals surface area contributed by atoms with Crippen molar-refractivity contribution in [1.29, 1.82) is 0 Å². The van der Waals surface area contributed by atoms with Crippen LogP contribution in [0.4, 0.5) is 0 Å². The average Bonchev–Trinajstić information content (AvgIpc) is 3.31. The first-order valence-electron chi connectivity index (χ1n) is 28.3. The van der Waals surface area contributed by atoms with E-state index < -0.39 is 26.6 Å². The summed E-state index contributed by atoms with van der Waals surface area (Å²) in [4.78, 5) is 39.8. The number of allylic oxidation sites excluding steroid dienone is 11. The van der Waals surface area contributed by atoms with Crippen LogP contribution in [0, 0.1) is 0 Å². The number of quaternary nitrogens is 1. The summed E-state index contributed by atoms with van der Waals surface area (Å²) in [5.41, 5.74) is 0. The number of esters is 1. The van der Waals surface area contributed by atoms with E-state index in [1.807, 2.05) is 33.3 Å². The lowest BCUT2D eigenvalue weighted by Gasteiger charge is -2.30. The minimum Gasteiger partial charge on any atom is -0.756 e. The molecule has 0 aromatic rings. The van der Waals surface area contributed by atoms with E-state index in [-0.39, 0.29) is 24.9 Å². The van der Waals surface area contributed by atoms with Gasteiger partial charge in [-0.1, -0.05) is 210 Å². The van der Waals surface area contributed by atoms with Crippen LogP contribution in [0.3, 0.4) is 0 Å². The SMILES string of the molecule is CC/C=C/C/C=C/C/C=C/CCCCCCCCC(=O)NC(COP(=O)([O-])OCC[N+](C)(C)C)C(/C=C/CCCCCCCCCCCC)OC(=O)CCCCCCCC/C=C/C=C/CCCCC. The van der Waals surface area contributed by atoms with E-state index in [1.54, 1.807) is 0 Å². The third-order valence-corrected chi connectivity index (χ3v) is 13.1. The number of ether oxygens (including phenoxy) is 1. The maximum absolute atomic E-state index is 13.5. The molecule has 3 atom stereocenters. The van der Waals surface area contributed by atoms with Crippen LogP contribution in [0.1, 0.15) is 239 Å². The van der Waals surface area contributed by atoms with E-state index in [9.17, 15) is 19.0 Å².